The molecule has 0 radical (unpaired) electrons. The monoisotopic (exact) mass is 285 g/mol. The van der Waals surface area contributed by atoms with E-state index in [1.807, 2.05) is 0 Å². The normalized spacial score (nSPS) is 18.9. The lowest BCUT2D eigenvalue weighted by Crippen LogP contribution is -2.34. The quantitative estimate of drug-likeness (QED) is 0.830. The molecule has 0 amide bonds. The Kier molecular flexibility index (Phi) is 4.54. The zero-order valence-electron chi connectivity index (χ0n) is 12.1. The van der Waals surface area contributed by atoms with Crippen molar-refractivity contribution >= 4 is 11.3 Å². The van der Waals surface area contributed by atoms with Crippen molar-refractivity contribution in [1.29, 1.82) is 0 Å². The summed E-state index contributed by atoms with van der Waals surface area (Å²) >= 11 is 1.81. The SMILES string of the molecule is CCNC(CCc1ccsc1)C1CCc2ccccc21. The topological polar surface area (TPSA) is 12.0 Å². The first kappa shape index (κ1) is 13.8. The summed E-state index contributed by atoms with van der Waals surface area (Å²) in [5.74, 6) is 0.699. The number of aryl methyl sites for hydroxylation is 2. The highest BCUT2D eigenvalue weighted by Crippen LogP contribution is 2.36. The molecule has 1 aromatic heterocycles. The van der Waals surface area contributed by atoms with Gasteiger partial charge in [-0.3, -0.25) is 0 Å². The summed E-state index contributed by atoms with van der Waals surface area (Å²) in [6, 6.07) is 11.9. The Morgan fingerprint density at radius 1 is 1.30 bits per heavy atom. The maximum atomic E-state index is 3.73. The molecule has 1 aliphatic rings. The number of hydrogen-bond acceptors (Lipinski definition) is 2. The third-order valence-corrected chi connectivity index (χ3v) is 5.19. The van der Waals surface area contributed by atoms with Crippen molar-refractivity contribution in [3.05, 3.63) is 57.8 Å². The summed E-state index contributed by atoms with van der Waals surface area (Å²) in [6.07, 6.45) is 4.99. The van der Waals surface area contributed by atoms with E-state index in [0.717, 1.165) is 6.54 Å². The average molecular weight is 285 g/mol. The van der Waals surface area contributed by atoms with Gasteiger partial charge in [0.25, 0.3) is 0 Å². The van der Waals surface area contributed by atoms with Gasteiger partial charge in [0.05, 0.1) is 0 Å². The van der Waals surface area contributed by atoms with Gasteiger partial charge in [-0.15, -0.1) is 0 Å². The number of likely N-dealkylation sites (N-methyl/N-ethyl adjacent to an activating group) is 1. The van der Waals surface area contributed by atoms with E-state index in [4.69, 9.17) is 0 Å². The molecule has 106 valence electrons. The Bertz CT molecular complexity index is 532. The zero-order valence-corrected chi connectivity index (χ0v) is 13.0. The van der Waals surface area contributed by atoms with E-state index in [-0.39, 0.29) is 0 Å². The van der Waals surface area contributed by atoms with Crippen LogP contribution in [0.3, 0.4) is 0 Å². The molecule has 1 nitrogen and oxygen atoms in total. The average Bonchev–Trinajstić information content (AvgIpc) is 3.13. The second-order valence-electron chi connectivity index (χ2n) is 5.68. The first-order valence-electron chi connectivity index (χ1n) is 7.70. The van der Waals surface area contributed by atoms with Crippen molar-refractivity contribution in [3.63, 3.8) is 0 Å². The van der Waals surface area contributed by atoms with Gasteiger partial charge in [-0.25, -0.2) is 0 Å². The third-order valence-electron chi connectivity index (χ3n) is 4.46. The van der Waals surface area contributed by atoms with Crippen LogP contribution in [0.2, 0.25) is 0 Å². The smallest absolute Gasteiger partial charge is 0.0139 e. The molecule has 0 fully saturated rings. The first-order chi connectivity index (χ1) is 9.88. The Morgan fingerprint density at radius 3 is 3.00 bits per heavy atom. The van der Waals surface area contributed by atoms with Gasteiger partial charge in [0.2, 0.25) is 0 Å². The summed E-state index contributed by atoms with van der Waals surface area (Å²) in [7, 11) is 0. The van der Waals surface area contributed by atoms with Crippen LogP contribution in [0.25, 0.3) is 0 Å². The van der Waals surface area contributed by atoms with Crippen molar-refractivity contribution in [2.45, 2.75) is 44.6 Å². The van der Waals surface area contributed by atoms with Crippen LogP contribution in [-0.2, 0) is 12.8 Å². The molecule has 2 unspecified atom stereocenters. The molecular formula is C18H23NS. The van der Waals surface area contributed by atoms with Crippen molar-refractivity contribution in [1.82, 2.24) is 5.32 Å². The van der Waals surface area contributed by atoms with Crippen molar-refractivity contribution in [3.8, 4) is 0 Å². The number of fused-ring (bicyclic) bond motifs is 1. The summed E-state index contributed by atoms with van der Waals surface area (Å²) < 4.78 is 0. The Labute approximate surface area is 126 Å². The molecule has 0 bridgehead atoms. The zero-order chi connectivity index (χ0) is 13.8. The van der Waals surface area contributed by atoms with Crippen LogP contribution in [0.5, 0.6) is 0 Å². The third kappa shape index (κ3) is 2.97. The highest BCUT2D eigenvalue weighted by atomic mass is 32.1. The predicted molar refractivity (Wildman–Crippen MR) is 87.6 cm³/mol. The van der Waals surface area contributed by atoms with Crippen LogP contribution < -0.4 is 5.32 Å². The minimum absolute atomic E-state index is 0.614. The highest BCUT2D eigenvalue weighted by molar-refractivity contribution is 7.07. The lowest BCUT2D eigenvalue weighted by Gasteiger charge is -2.25. The van der Waals surface area contributed by atoms with Gasteiger partial charge in [-0.2, -0.15) is 11.3 Å². The molecule has 1 aliphatic carbocycles. The molecule has 2 heteroatoms. The Morgan fingerprint density at radius 2 is 2.20 bits per heavy atom. The second kappa shape index (κ2) is 6.55. The largest absolute Gasteiger partial charge is 0.314 e. The van der Waals surface area contributed by atoms with Gasteiger partial charge in [-0.05, 0) is 71.7 Å². The van der Waals surface area contributed by atoms with Gasteiger partial charge in [0, 0.05) is 6.04 Å². The second-order valence-corrected chi connectivity index (χ2v) is 6.46. The fourth-order valence-electron chi connectivity index (χ4n) is 3.47. The van der Waals surface area contributed by atoms with E-state index >= 15 is 0 Å². The summed E-state index contributed by atoms with van der Waals surface area (Å²) in [5.41, 5.74) is 4.64. The van der Waals surface area contributed by atoms with Crippen LogP contribution >= 0.6 is 11.3 Å². The molecule has 0 saturated carbocycles. The maximum Gasteiger partial charge on any atom is 0.0139 e. The fourth-order valence-corrected chi connectivity index (χ4v) is 4.18. The van der Waals surface area contributed by atoms with Crippen LogP contribution in [0.1, 0.15) is 42.4 Å². The minimum atomic E-state index is 0.614. The van der Waals surface area contributed by atoms with E-state index < -0.39 is 0 Å². The molecule has 0 aliphatic heterocycles. The van der Waals surface area contributed by atoms with Gasteiger partial charge in [0.1, 0.15) is 0 Å². The molecule has 2 atom stereocenters. The van der Waals surface area contributed by atoms with Crippen molar-refractivity contribution in [2.75, 3.05) is 6.54 Å². The minimum Gasteiger partial charge on any atom is -0.314 e. The van der Waals surface area contributed by atoms with Gasteiger partial charge >= 0.3 is 0 Å². The van der Waals surface area contributed by atoms with Crippen LogP contribution in [0.4, 0.5) is 0 Å². The lowest BCUT2D eigenvalue weighted by molar-refractivity contribution is 0.413. The first-order valence-corrected chi connectivity index (χ1v) is 8.65. The molecule has 0 saturated heterocycles. The summed E-state index contributed by atoms with van der Waals surface area (Å²) in [4.78, 5) is 0. The van der Waals surface area contributed by atoms with Gasteiger partial charge < -0.3 is 5.32 Å². The number of nitrogens with one attached hydrogen (secondary N) is 1. The number of rotatable bonds is 6. The van der Waals surface area contributed by atoms with Crippen LogP contribution in [0.15, 0.2) is 41.1 Å². The van der Waals surface area contributed by atoms with E-state index in [1.54, 1.807) is 22.5 Å². The lowest BCUT2D eigenvalue weighted by atomic mass is 9.89. The summed E-state index contributed by atoms with van der Waals surface area (Å²) in [5, 5.41) is 8.20. The van der Waals surface area contributed by atoms with Crippen LogP contribution in [-0.4, -0.2) is 12.6 Å². The van der Waals surface area contributed by atoms with Crippen LogP contribution in [0, 0.1) is 0 Å². The maximum absolute atomic E-state index is 3.73. The highest BCUT2D eigenvalue weighted by Gasteiger charge is 2.28. The number of benzene rings is 1. The van der Waals surface area contributed by atoms with E-state index in [0.29, 0.717) is 12.0 Å². The molecule has 20 heavy (non-hydrogen) atoms. The van der Waals surface area contributed by atoms with Crippen molar-refractivity contribution in [2.24, 2.45) is 0 Å². The molecule has 3 rings (SSSR count). The number of thiophene rings is 1. The van der Waals surface area contributed by atoms with Gasteiger partial charge in [0.15, 0.2) is 0 Å². The molecule has 0 spiro atoms. The standard InChI is InChI=1S/C18H23NS/c1-2-19-18(10-7-14-11-12-20-13-14)17-9-8-15-5-3-4-6-16(15)17/h3-6,11-13,17-19H,2,7-10H2,1H3. The summed E-state index contributed by atoms with van der Waals surface area (Å²) in [6.45, 7) is 3.28. The number of hydrogen-bond donors (Lipinski definition) is 1. The molecular weight excluding hydrogens is 262 g/mol. The fraction of sp³-hybridized carbons (Fsp3) is 0.444. The predicted octanol–water partition coefficient (Wildman–Crippen LogP) is 4.39. The molecule has 1 aromatic carbocycles. The van der Waals surface area contributed by atoms with E-state index in [9.17, 15) is 0 Å². The Balaban J connectivity index is 1.71. The Hall–Kier alpha value is -1.12. The molecule has 1 heterocycles. The van der Waals surface area contributed by atoms with Crippen molar-refractivity contribution < 1.29 is 0 Å². The molecule has 1 N–H and O–H groups in total. The van der Waals surface area contributed by atoms with E-state index in [1.165, 1.54) is 31.2 Å². The molecule has 2 aromatic rings. The van der Waals surface area contributed by atoms with E-state index in [2.05, 4.69) is 53.3 Å². The van der Waals surface area contributed by atoms with Gasteiger partial charge in [-0.1, -0.05) is 31.2 Å².